The lowest BCUT2D eigenvalue weighted by molar-refractivity contribution is -0.120. The number of nitrogens with zero attached hydrogens (tertiary/aromatic N) is 3. The standard InChI is InChI=1S/C13H24N6O2/c1-4-5-6-14-13(21)16-12(20)9-19-8-11(17-18-19)7-15-10(2)3/h8,10,15H,4-7,9H2,1-3H3,(H2,14,16,20,21). The highest BCUT2D eigenvalue weighted by Gasteiger charge is 2.09. The van der Waals surface area contributed by atoms with Gasteiger partial charge in [0.1, 0.15) is 6.54 Å². The fraction of sp³-hybridized carbons (Fsp3) is 0.692. The molecule has 118 valence electrons. The summed E-state index contributed by atoms with van der Waals surface area (Å²) in [4.78, 5) is 23.1. The zero-order valence-electron chi connectivity index (χ0n) is 12.8. The second-order valence-electron chi connectivity index (χ2n) is 5.10. The zero-order valence-corrected chi connectivity index (χ0v) is 12.8. The molecule has 0 atom stereocenters. The van der Waals surface area contributed by atoms with E-state index in [0.29, 0.717) is 19.1 Å². The minimum Gasteiger partial charge on any atom is -0.338 e. The summed E-state index contributed by atoms with van der Waals surface area (Å²) in [7, 11) is 0. The van der Waals surface area contributed by atoms with Gasteiger partial charge in [0, 0.05) is 19.1 Å². The van der Waals surface area contributed by atoms with Gasteiger partial charge in [-0.1, -0.05) is 32.4 Å². The van der Waals surface area contributed by atoms with Crippen LogP contribution < -0.4 is 16.0 Å². The van der Waals surface area contributed by atoms with Crippen molar-refractivity contribution in [3.05, 3.63) is 11.9 Å². The molecule has 0 fully saturated rings. The van der Waals surface area contributed by atoms with Gasteiger partial charge in [-0.15, -0.1) is 5.10 Å². The first-order valence-electron chi connectivity index (χ1n) is 7.21. The molecular formula is C13H24N6O2. The van der Waals surface area contributed by atoms with Crippen LogP contribution in [0.2, 0.25) is 0 Å². The Morgan fingerprint density at radius 1 is 1.38 bits per heavy atom. The number of hydrogen-bond donors (Lipinski definition) is 3. The SMILES string of the molecule is CCCCNC(=O)NC(=O)Cn1cc(CNC(C)C)nn1. The summed E-state index contributed by atoms with van der Waals surface area (Å²) >= 11 is 0. The predicted molar refractivity (Wildman–Crippen MR) is 78.4 cm³/mol. The van der Waals surface area contributed by atoms with Crippen LogP contribution in [0.4, 0.5) is 4.79 Å². The number of carbonyl (C=O) groups excluding carboxylic acids is 2. The van der Waals surface area contributed by atoms with E-state index in [0.717, 1.165) is 18.5 Å². The third kappa shape index (κ3) is 7.40. The average Bonchev–Trinajstić information content (AvgIpc) is 2.84. The van der Waals surface area contributed by atoms with Gasteiger partial charge in [-0.2, -0.15) is 0 Å². The Balaban J connectivity index is 2.32. The molecule has 0 aliphatic rings. The van der Waals surface area contributed by atoms with Gasteiger partial charge in [-0.05, 0) is 6.42 Å². The van der Waals surface area contributed by atoms with Crippen LogP contribution in [0.3, 0.4) is 0 Å². The largest absolute Gasteiger partial charge is 0.338 e. The molecule has 1 rings (SSSR count). The maximum atomic E-state index is 11.7. The number of unbranched alkanes of at least 4 members (excludes halogenated alkanes) is 1. The lowest BCUT2D eigenvalue weighted by Crippen LogP contribution is -2.41. The number of rotatable bonds is 8. The summed E-state index contributed by atoms with van der Waals surface area (Å²) in [6.45, 7) is 7.22. The third-order valence-electron chi connectivity index (χ3n) is 2.65. The Morgan fingerprint density at radius 2 is 2.14 bits per heavy atom. The van der Waals surface area contributed by atoms with Gasteiger partial charge >= 0.3 is 6.03 Å². The molecule has 1 aromatic heterocycles. The van der Waals surface area contributed by atoms with Crippen LogP contribution in [0, 0.1) is 0 Å². The van der Waals surface area contributed by atoms with Crippen molar-refractivity contribution in [2.75, 3.05) is 6.54 Å². The molecular weight excluding hydrogens is 272 g/mol. The summed E-state index contributed by atoms with van der Waals surface area (Å²) in [5.74, 6) is -0.419. The molecule has 21 heavy (non-hydrogen) atoms. The van der Waals surface area contributed by atoms with Gasteiger partial charge < -0.3 is 10.6 Å². The minimum atomic E-state index is -0.477. The van der Waals surface area contributed by atoms with Crippen molar-refractivity contribution in [2.45, 2.75) is 52.7 Å². The molecule has 1 heterocycles. The average molecular weight is 296 g/mol. The number of imide groups is 1. The molecule has 1 aromatic rings. The van der Waals surface area contributed by atoms with Crippen LogP contribution >= 0.6 is 0 Å². The smallest absolute Gasteiger partial charge is 0.321 e. The van der Waals surface area contributed by atoms with Gasteiger partial charge in [0.15, 0.2) is 0 Å². The van der Waals surface area contributed by atoms with Crippen LogP contribution in [-0.2, 0) is 17.9 Å². The Bertz CT molecular complexity index is 457. The van der Waals surface area contributed by atoms with E-state index >= 15 is 0 Å². The molecule has 0 saturated carbocycles. The first-order valence-corrected chi connectivity index (χ1v) is 7.21. The molecule has 0 radical (unpaired) electrons. The van der Waals surface area contributed by atoms with Gasteiger partial charge in [0.05, 0.1) is 11.9 Å². The van der Waals surface area contributed by atoms with Crippen molar-refractivity contribution in [1.82, 2.24) is 30.9 Å². The van der Waals surface area contributed by atoms with Crippen LogP contribution in [-0.4, -0.2) is 39.5 Å². The van der Waals surface area contributed by atoms with E-state index in [2.05, 4.69) is 26.3 Å². The Labute approximate surface area is 124 Å². The number of amides is 3. The molecule has 0 aromatic carbocycles. The van der Waals surface area contributed by atoms with Crippen molar-refractivity contribution < 1.29 is 9.59 Å². The second kappa shape index (κ2) is 9.06. The van der Waals surface area contributed by atoms with E-state index in [1.807, 2.05) is 20.8 Å². The maximum absolute atomic E-state index is 11.7. The molecule has 3 amide bonds. The van der Waals surface area contributed by atoms with E-state index in [-0.39, 0.29) is 6.54 Å². The summed E-state index contributed by atoms with van der Waals surface area (Å²) in [5, 5.41) is 15.9. The van der Waals surface area contributed by atoms with E-state index < -0.39 is 11.9 Å². The number of hydrogen-bond acceptors (Lipinski definition) is 5. The van der Waals surface area contributed by atoms with Crippen molar-refractivity contribution >= 4 is 11.9 Å². The van der Waals surface area contributed by atoms with Crippen molar-refractivity contribution in [3.63, 3.8) is 0 Å². The number of aromatic nitrogens is 3. The van der Waals surface area contributed by atoms with Crippen LogP contribution in [0.25, 0.3) is 0 Å². The Kier molecular flexibility index (Phi) is 7.38. The lowest BCUT2D eigenvalue weighted by Gasteiger charge is -2.06. The van der Waals surface area contributed by atoms with Gasteiger partial charge in [-0.25, -0.2) is 9.48 Å². The number of carbonyl (C=O) groups is 2. The summed E-state index contributed by atoms with van der Waals surface area (Å²) < 4.78 is 1.41. The fourth-order valence-corrected chi connectivity index (χ4v) is 1.54. The summed E-state index contributed by atoms with van der Waals surface area (Å²) in [5.41, 5.74) is 0.754. The number of nitrogens with one attached hydrogen (secondary N) is 3. The molecule has 0 aliphatic heterocycles. The zero-order chi connectivity index (χ0) is 15.7. The van der Waals surface area contributed by atoms with E-state index in [1.54, 1.807) is 6.20 Å². The molecule has 0 spiro atoms. The molecule has 0 saturated heterocycles. The van der Waals surface area contributed by atoms with Crippen molar-refractivity contribution in [2.24, 2.45) is 0 Å². The predicted octanol–water partition coefficient (Wildman–Crippen LogP) is 0.402. The molecule has 0 aliphatic carbocycles. The summed E-state index contributed by atoms with van der Waals surface area (Å²) in [6, 6.07) is -0.125. The van der Waals surface area contributed by atoms with Gasteiger partial charge in [0.2, 0.25) is 5.91 Å². The third-order valence-corrected chi connectivity index (χ3v) is 2.65. The van der Waals surface area contributed by atoms with E-state index in [1.165, 1.54) is 4.68 Å². The fourth-order valence-electron chi connectivity index (χ4n) is 1.54. The molecule has 8 heteroatoms. The van der Waals surface area contributed by atoms with Gasteiger partial charge in [-0.3, -0.25) is 10.1 Å². The lowest BCUT2D eigenvalue weighted by atomic mass is 10.3. The maximum Gasteiger partial charge on any atom is 0.321 e. The van der Waals surface area contributed by atoms with E-state index in [9.17, 15) is 9.59 Å². The number of urea groups is 1. The molecule has 0 bridgehead atoms. The quantitative estimate of drug-likeness (QED) is 0.603. The van der Waals surface area contributed by atoms with Crippen LogP contribution in [0.5, 0.6) is 0 Å². The second-order valence-corrected chi connectivity index (χ2v) is 5.10. The Hall–Kier alpha value is -1.96. The highest BCUT2D eigenvalue weighted by atomic mass is 16.2. The molecule has 3 N–H and O–H groups in total. The van der Waals surface area contributed by atoms with Crippen LogP contribution in [0.15, 0.2) is 6.20 Å². The highest BCUT2D eigenvalue weighted by molar-refractivity contribution is 5.94. The molecule has 0 unspecified atom stereocenters. The van der Waals surface area contributed by atoms with Gasteiger partial charge in [0.25, 0.3) is 0 Å². The van der Waals surface area contributed by atoms with Crippen LogP contribution in [0.1, 0.15) is 39.3 Å². The first-order chi connectivity index (χ1) is 10.0. The molecule has 8 nitrogen and oxygen atoms in total. The highest BCUT2D eigenvalue weighted by Crippen LogP contribution is 1.94. The normalized spacial score (nSPS) is 10.7. The monoisotopic (exact) mass is 296 g/mol. The minimum absolute atomic E-state index is 0.0319. The Morgan fingerprint density at radius 3 is 2.81 bits per heavy atom. The summed E-state index contributed by atoms with van der Waals surface area (Å²) in [6.07, 6.45) is 3.56. The van der Waals surface area contributed by atoms with E-state index in [4.69, 9.17) is 0 Å². The first kappa shape index (κ1) is 17.1. The van der Waals surface area contributed by atoms with Crippen molar-refractivity contribution in [3.8, 4) is 0 Å². The van der Waals surface area contributed by atoms with Crippen molar-refractivity contribution in [1.29, 1.82) is 0 Å². The topological polar surface area (TPSA) is 101 Å².